The average molecular weight is 492 g/mol. The number of hydrogen-bond donors (Lipinski definition) is 3. The number of carbonyl (C=O) groups excluding carboxylic acids is 2. The predicted molar refractivity (Wildman–Crippen MR) is 136 cm³/mol. The molecule has 0 bridgehead atoms. The Bertz CT molecular complexity index is 801. The molecule has 0 spiro atoms. The Morgan fingerprint density at radius 3 is 2.50 bits per heavy atom. The van der Waals surface area contributed by atoms with Gasteiger partial charge in [-0.3, -0.25) is 9.69 Å². The number of rotatable bonds is 8. The second-order valence-electron chi connectivity index (χ2n) is 10.7. The molecule has 2 amide bonds. The number of amides is 2. The van der Waals surface area contributed by atoms with Crippen LogP contribution in [-0.2, 0) is 9.53 Å². The van der Waals surface area contributed by atoms with Crippen LogP contribution in [0.1, 0.15) is 52.9 Å². The third-order valence-electron chi connectivity index (χ3n) is 6.85. The molecule has 0 aromatic heterocycles. The Morgan fingerprint density at radius 1 is 1.18 bits per heavy atom. The molecule has 3 N–H and O–H groups in total. The maximum atomic E-state index is 13.3. The average Bonchev–Trinajstić information content (AvgIpc) is 2.80. The van der Waals surface area contributed by atoms with Gasteiger partial charge in [-0.25, -0.2) is 4.79 Å². The summed E-state index contributed by atoms with van der Waals surface area (Å²) in [6.45, 7) is 7.12. The lowest BCUT2D eigenvalue weighted by Gasteiger charge is -2.47. The molecule has 1 aromatic rings. The van der Waals surface area contributed by atoms with E-state index in [0.29, 0.717) is 24.1 Å². The molecule has 190 valence electrons. The van der Waals surface area contributed by atoms with Crippen LogP contribution >= 0.6 is 11.8 Å². The Labute approximate surface area is 208 Å². The number of ether oxygens (including phenoxy) is 1. The highest BCUT2D eigenvalue weighted by Crippen LogP contribution is 2.39. The SMILES string of the molecule is COC(=O)N[C@@H](CSc1ccccc1)[C@H](O)CN1C[C@H]2CCCC[C@H]2C[C@H]1C(=O)NC(C)(C)C. The molecule has 0 radical (unpaired) electrons. The monoisotopic (exact) mass is 491 g/mol. The summed E-state index contributed by atoms with van der Waals surface area (Å²) in [6.07, 6.45) is 4.26. The minimum atomic E-state index is -0.833. The van der Waals surface area contributed by atoms with E-state index in [-0.39, 0.29) is 17.5 Å². The zero-order chi connectivity index (χ0) is 24.7. The number of hydrogen-bond acceptors (Lipinski definition) is 6. The first-order chi connectivity index (χ1) is 16.2. The first-order valence-corrected chi connectivity index (χ1v) is 13.4. The number of piperidine rings is 1. The summed E-state index contributed by atoms with van der Waals surface area (Å²) in [5.41, 5.74) is -0.313. The van der Waals surface area contributed by atoms with Gasteiger partial charge in [0.2, 0.25) is 5.91 Å². The number of β-amino-alcohol motifs (C(OH)–C–C–N with tert-alkyl or cyclic N) is 1. The fourth-order valence-corrected chi connectivity index (χ4v) is 6.18. The number of likely N-dealkylation sites (tertiary alicyclic amines) is 1. The Kier molecular flexibility index (Phi) is 9.68. The van der Waals surface area contributed by atoms with Gasteiger partial charge in [0.05, 0.1) is 25.3 Å². The van der Waals surface area contributed by atoms with Crippen molar-refractivity contribution >= 4 is 23.8 Å². The molecule has 1 heterocycles. The molecule has 1 aromatic carbocycles. The molecule has 1 aliphatic carbocycles. The number of nitrogens with zero attached hydrogens (tertiary/aromatic N) is 1. The topological polar surface area (TPSA) is 90.9 Å². The van der Waals surface area contributed by atoms with Crippen LogP contribution in [0.4, 0.5) is 4.79 Å². The molecule has 5 atom stereocenters. The normalized spacial score (nSPS) is 25.0. The van der Waals surface area contributed by atoms with Crippen molar-refractivity contribution < 1.29 is 19.4 Å². The summed E-state index contributed by atoms with van der Waals surface area (Å²) in [4.78, 5) is 28.5. The molecule has 1 saturated carbocycles. The molecule has 1 saturated heterocycles. The quantitative estimate of drug-likeness (QED) is 0.481. The first kappa shape index (κ1) is 26.8. The molecule has 3 rings (SSSR count). The van der Waals surface area contributed by atoms with Crippen LogP contribution in [0, 0.1) is 11.8 Å². The third kappa shape index (κ3) is 7.89. The number of carbonyl (C=O) groups is 2. The van der Waals surface area contributed by atoms with Crippen LogP contribution < -0.4 is 10.6 Å². The highest BCUT2D eigenvalue weighted by atomic mass is 32.2. The van der Waals surface area contributed by atoms with E-state index in [2.05, 4.69) is 15.5 Å². The van der Waals surface area contributed by atoms with Crippen molar-refractivity contribution in [1.82, 2.24) is 15.5 Å². The number of methoxy groups -OCH3 is 1. The second kappa shape index (κ2) is 12.3. The van der Waals surface area contributed by atoms with Gasteiger partial charge in [-0.15, -0.1) is 11.8 Å². The van der Waals surface area contributed by atoms with Crippen molar-refractivity contribution in [2.75, 3.05) is 26.0 Å². The van der Waals surface area contributed by atoms with E-state index in [4.69, 9.17) is 4.74 Å². The summed E-state index contributed by atoms with van der Waals surface area (Å²) in [7, 11) is 1.32. The summed E-state index contributed by atoms with van der Waals surface area (Å²) in [6, 6.07) is 9.13. The van der Waals surface area contributed by atoms with E-state index in [9.17, 15) is 14.7 Å². The first-order valence-electron chi connectivity index (χ1n) is 12.4. The minimum absolute atomic E-state index is 0.0276. The number of fused-ring (bicyclic) bond motifs is 1. The summed E-state index contributed by atoms with van der Waals surface area (Å²) in [5.74, 6) is 1.65. The highest BCUT2D eigenvalue weighted by molar-refractivity contribution is 7.99. The Balaban J connectivity index is 1.72. The van der Waals surface area contributed by atoms with Crippen molar-refractivity contribution in [3.63, 3.8) is 0 Å². The van der Waals surface area contributed by atoms with Crippen LogP contribution in [0.25, 0.3) is 0 Å². The fraction of sp³-hybridized carbons (Fsp3) is 0.692. The van der Waals surface area contributed by atoms with Crippen molar-refractivity contribution in [3.05, 3.63) is 30.3 Å². The van der Waals surface area contributed by atoms with E-state index in [0.717, 1.165) is 17.9 Å². The zero-order valence-electron chi connectivity index (χ0n) is 21.0. The minimum Gasteiger partial charge on any atom is -0.453 e. The van der Waals surface area contributed by atoms with E-state index >= 15 is 0 Å². The van der Waals surface area contributed by atoms with Gasteiger partial charge in [-0.05, 0) is 57.6 Å². The van der Waals surface area contributed by atoms with Crippen molar-refractivity contribution in [3.8, 4) is 0 Å². The highest BCUT2D eigenvalue weighted by Gasteiger charge is 2.41. The smallest absolute Gasteiger partial charge is 0.407 e. The summed E-state index contributed by atoms with van der Waals surface area (Å²) in [5, 5.41) is 17.2. The molecule has 2 aliphatic rings. The molecule has 34 heavy (non-hydrogen) atoms. The molecular formula is C26H41N3O4S. The molecule has 2 fully saturated rings. The Hall–Kier alpha value is -1.77. The second-order valence-corrected chi connectivity index (χ2v) is 11.8. The lowest BCUT2D eigenvalue weighted by atomic mass is 9.72. The third-order valence-corrected chi connectivity index (χ3v) is 7.98. The molecular weight excluding hydrogens is 450 g/mol. The molecule has 7 nitrogen and oxygen atoms in total. The van der Waals surface area contributed by atoms with Crippen molar-refractivity contribution in [1.29, 1.82) is 0 Å². The van der Waals surface area contributed by atoms with Gasteiger partial charge >= 0.3 is 6.09 Å². The van der Waals surface area contributed by atoms with Gasteiger partial charge in [-0.2, -0.15) is 0 Å². The summed E-state index contributed by atoms with van der Waals surface area (Å²) >= 11 is 1.58. The lowest BCUT2D eigenvalue weighted by Crippen LogP contribution is -2.60. The molecule has 8 heteroatoms. The van der Waals surface area contributed by atoms with E-state index in [1.165, 1.54) is 32.8 Å². The lowest BCUT2D eigenvalue weighted by molar-refractivity contribution is -0.132. The maximum Gasteiger partial charge on any atom is 0.407 e. The van der Waals surface area contributed by atoms with E-state index in [1.807, 2.05) is 51.1 Å². The Morgan fingerprint density at radius 2 is 1.85 bits per heavy atom. The number of alkyl carbamates (subject to hydrolysis) is 1. The van der Waals surface area contributed by atoms with Crippen LogP contribution in [0.3, 0.4) is 0 Å². The van der Waals surface area contributed by atoms with Gasteiger partial charge < -0.3 is 20.5 Å². The number of thioether (sulfide) groups is 1. The van der Waals surface area contributed by atoms with Gasteiger partial charge in [0.25, 0.3) is 0 Å². The largest absolute Gasteiger partial charge is 0.453 e. The number of benzene rings is 1. The number of aliphatic hydroxyl groups is 1. The number of aliphatic hydroxyl groups excluding tert-OH is 1. The van der Waals surface area contributed by atoms with Gasteiger partial charge in [0.15, 0.2) is 0 Å². The fourth-order valence-electron chi connectivity index (χ4n) is 5.16. The molecule has 0 unspecified atom stereocenters. The number of nitrogens with one attached hydrogen (secondary N) is 2. The summed E-state index contributed by atoms with van der Waals surface area (Å²) < 4.78 is 4.81. The maximum absolute atomic E-state index is 13.3. The zero-order valence-corrected chi connectivity index (χ0v) is 21.8. The predicted octanol–water partition coefficient (Wildman–Crippen LogP) is 3.66. The van der Waals surface area contributed by atoms with Crippen LogP contribution in [0.2, 0.25) is 0 Å². The van der Waals surface area contributed by atoms with Crippen LogP contribution in [0.5, 0.6) is 0 Å². The van der Waals surface area contributed by atoms with Crippen molar-refractivity contribution in [2.24, 2.45) is 11.8 Å². The van der Waals surface area contributed by atoms with Crippen LogP contribution in [-0.4, -0.2) is 71.7 Å². The van der Waals surface area contributed by atoms with Crippen molar-refractivity contribution in [2.45, 2.75) is 81.5 Å². The van der Waals surface area contributed by atoms with Gasteiger partial charge in [0.1, 0.15) is 0 Å². The van der Waals surface area contributed by atoms with Crippen LogP contribution in [0.15, 0.2) is 35.2 Å². The van der Waals surface area contributed by atoms with E-state index in [1.54, 1.807) is 11.8 Å². The van der Waals surface area contributed by atoms with Gasteiger partial charge in [0, 0.05) is 29.3 Å². The molecule has 1 aliphatic heterocycles. The standard InChI is InChI=1S/C26H41N3O4S/c1-26(2,3)28-24(31)22-14-18-10-8-9-11-19(18)15-29(22)16-23(30)21(27-25(32)33-4)17-34-20-12-6-5-7-13-20/h5-7,12-13,18-19,21-23,30H,8-11,14-17H2,1-4H3,(H,27,32)(H,28,31)/t18-,19+,21-,22-,23+/m0/s1. The van der Waals surface area contributed by atoms with Gasteiger partial charge in [-0.1, -0.05) is 37.5 Å². The van der Waals surface area contributed by atoms with E-state index < -0.39 is 18.2 Å².